The smallest absolute Gasteiger partial charge is 0.267 e. The number of halogens is 1. The van der Waals surface area contributed by atoms with Crippen molar-refractivity contribution >= 4 is 17.3 Å². The van der Waals surface area contributed by atoms with Crippen molar-refractivity contribution in [3.63, 3.8) is 0 Å². The molecule has 5 atom stereocenters. The fourth-order valence-corrected chi connectivity index (χ4v) is 4.03. The Balaban J connectivity index is 1.80. The van der Waals surface area contributed by atoms with Crippen molar-refractivity contribution in [1.29, 1.82) is 0 Å². The summed E-state index contributed by atoms with van der Waals surface area (Å²) in [5, 5.41) is 33.2. The van der Waals surface area contributed by atoms with Crippen LogP contribution in [-0.2, 0) is 4.74 Å². The van der Waals surface area contributed by atoms with Gasteiger partial charge in [0.25, 0.3) is 5.79 Å². The monoisotopic (exact) mass is 464 g/mol. The molecule has 0 aliphatic carbocycles. The third-order valence-corrected chi connectivity index (χ3v) is 5.85. The van der Waals surface area contributed by atoms with Crippen LogP contribution in [0.25, 0.3) is 0 Å². The first-order valence-electron chi connectivity index (χ1n) is 10.4. The van der Waals surface area contributed by atoms with Gasteiger partial charge in [0.2, 0.25) is 12.0 Å². The minimum absolute atomic E-state index is 0.00616. The molecule has 0 aromatic heterocycles. The molecule has 0 spiro atoms. The van der Waals surface area contributed by atoms with E-state index in [2.05, 4.69) is 0 Å². The van der Waals surface area contributed by atoms with Gasteiger partial charge in [0, 0.05) is 16.7 Å². The predicted octanol–water partition coefficient (Wildman–Crippen LogP) is 2.15. The van der Waals surface area contributed by atoms with E-state index < -0.39 is 47.1 Å². The van der Waals surface area contributed by atoms with E-state index in [0.29, 0.717) is 0 Å². The molecule has 174 valence electrons. The van der Waals surface area contributed by atoms with Gasteiger partial charge in [-0.1, -0.05) is 91.0 Å². The Kier molecular flexibility index (Phi) is 6.24. The molecule has 1 unspecified atom stereocenters. The van der Waals surface area contributed by atoms with Crippen LogP contribution in [0.2, 0.25) is 0 Å². The van der Waals surface area contributed by atoms with Gasteiger partial charge < -0.3 is 20.1 Å². The quantitative estimate of drug-likeness (QED) is 0.458. The number of carbonyl (C=O) groups excluding carboxylic acids is 3. The standard InChI is InChI=1S/C26H21FO7/c27-24-25(32,21(30)17-12-6-2-7-13-17)23(20(29)19(28)16-10-4-1-5-11-16)34-26(24,33)22(31)18-14-8-3-9-15-18/h1-15,20,23-24,29,32-33H/t20?,23-,24-,25-,26-/m1/s1. The predicted molar refractivity (Wildman–Crippen MR) is 118 cm³/mol. The van der Waals surface area contributed by atoms with Crippen LogP contribution in [0.1, 0.15) is 31.1 Å². The van der Waals surface area contributed by atoms with Crippen LogP contribution in [0, 0.1) is 0 Å². The van der Waals surface area contributed by atoms with E-state index in [1.54, 1.807) is 18.2 Å². The maximum absolute atomic E-state index is 15.9. The first-order chi connectivity index (χ1) is 16.2. The van der Waals surface area contributed by atoms with Crippen molar-refractivity contribution in [3.05, 3.63) is 108 Å². The van der Waals surface area contributed by atoms with E-state index in [1.807, 2.05) is 0 Å². The Morgan fingerprint density at radius 2 is 1.15 bits per heavy atom. The fraction of sp³-hybridized carbons (Fsp3) is 0.192. The molecule has 1 aliphatic rings. The van der Waals surface area contributed by atoms with E-state index in [9.17, 15) is 29.7 Å². The summed E-state index contributed by atoms with van der Waals surface area (Å²) < 4.78 is 21.1. The lowest BCUT2D eigenvalue weighted by molar-refractivity contribution is -0.187. The number of Topliss-reactive ketones (excluding diaryl/α,β-unsaturated/α-hetero) is 3. The van der Waals surface area contributed by atoms with Gasteiger partial charge in [-0.15, -0.1) is 0 Å². The van der Waals surface area contributed by atoms with Crippen molar-refractivity contribution in [1.82, 2.24) is 0 Å². The average Bonchev–Trinajstić information content (AvgIpc) is 3.11. The Hall–Kier alpha value is -3.56. The largest absolute Gasteiger partial charge is 0.382 e. The normalized spacial score (nSPS) is 27.2. The Bertz CT molecular complexity index is 1200. The highest BCUT2D eigenvalue weighted by Crippen LogP contribution is 2.44. The van der Waals surface area contributed by atoms with Crippen molar-refractivity contribution in [3.8, 4) is 0 Å². The molecule has 0 saturated carbocycles. The molecule has 7 nitrogen and oxygen atoms in total. The summed E-state index contributed by atoms with van der Waals surface area (Å²) in [4.78, 5) is 39.2. The van der Waals surface area contributed by atoms with Crippen LogP contribution in [-0.4, -0.2) is 62.4 Å². The van der Waals surface area contributed by atoms with Crippen molar-refractivity contribution < 1.29 is 38.8 Å². The average molecular weight is 464 g/mol. The van der Waals surface area contributed by atoms with Gasteiger partial charge >= 0.3 is 0 Å². The molecular formula is C26H21FO7. The zero-order chi connectivity index (χ0) is 24.5. The molecule has 3 aromatic carbocycles. The number of aliphatic hydroxyl groups is 3. The molecule has 3 aromatic rings. The van der Waals surface area contributed by atoms with Crippen molar-refractivity contribution in [2.75, 3.05) is 0 Å². The highest BCUT2D eigenvalue weighted by atomic mass is 19.1. The van der Waals surface area contributed by atoms with Crippen LogP contribution in [0.4, 0.5) is 4.39 Å². The van der Waals surface area contributed by atoms with Crippen LogP contribution >= 0.6 is 0 Å². The first kappa shape index (κ1) is 23.6. The number of hydrogen-bond acceptors (Lipinski definition) is 7. The second kappa shape index (κ2) is 9.00. The number of ether oxygens (including phenoxy) is 1. The highest BCUT2D eigenvalue weighted by Gasteiger charge is 2.72. The summed E-state index contributed by atoms with van der Waals surface area (Å²) >= 11 is 0. The third-order valence-electron chi connectivity index (χ3n) is 5.85. The summed E-state index contributed by atoms with van der Waals surface area (Å²) in [5.41, 5.74) is -3.60. The molecule has 1 saturated heterocycles. The maximum atomic E-state index is 15.9. The Morgan fingerprint density at radius 3 is 1.62 bits per heavy atom. The number of ketones is 3. The summed E-state index contributed by atoms with van der Waals surface area (Å²) in [6.45, 7) is 0. The van der Waals surface area contributed by atoms with Gasteiger partial charge in [0.15, 0.2) is 17.2 Å². The lowest BCUT2D eigenvalue weighted by Crippen LogP contribution is -2.59. The van der Waals surface area contributed by atoms with Gasteiger partial charge in [-0.3, -0.25) is 14.4 Å². The van der Waals surface area contributed by atoms with E-state index in [1.165, 1.54) is 72.8 Å². The molecule has 1 fully saturated rings. The zero-order valence-corrected chi connectivity index (χ0v) is 17.7. The third kappa shape index (κ3) is 3.76. The summed E-state index contributed by atoms with van der Waals surface area (Å²) in [5.74, 6) is -6.87. The molecule has 0 amide bonds. The molecule has 34 heavy (non-hydrogen) atoms. The molecule has 1 aliphatic heterocycles. The van der Waals surface area contributed by atoms with Crippen LogP contribution in [0.15, 0.2) is 91.0 Å². The molecule has 0 radical (unpaired) electrons. The second-order valence-electron chi connectivity index (χ2n) is 7.99. The number of alkyl halides is 1. The van der Waals surface area contributed by atoms with Gasteiger partial charge in [0.05, 0.1) is 0 Å². The number of hydrogen-bond donors (Lipinski definition) is 3. The highest BCUT2D eigenvalue weighted by molar-refractivity contribution is 6.08. The Labute approximate surface area is 194 Å². The number of rotatable bonds is 7. The van der Waals surface area contributed by atoms with Crippen LogP contribution in [0.5, 0.6) is 0 Å². The van der Waals surface area contributed by atoms with E-state index in [-0.39, 0.29) is 16.7 Å². The van der Waals surface area contributed by atoms with E-state index in [4.69, 9.17) is 4.74 Å². The van der Waals surface area contributed by atoms with Crippen molar-refractivity contribution in [2.45, 2.75) is 29.8 Å². The van der Waals surface area contributed by atoms with Crippen LogP contribution in [0.3, 0.4) is 0 Å². The van der Waals surface area contributed by atoms with Gasteiger partial charge in [-0.25, -0.2) is 4.39 Å². The minimum Gasteiger partial charge on any atom is -0.382 e. The molecule has 8 heteroatoms. The maximum Gasteiger partial charge on any atom is 0.267 e. The van der Waals surface area contributed by atoms with Crippen LogP contribution < -0.4 is 0 Å². The second-order valence-corrected chi connectivity index (χ2v) is 7.99. The minimum atomic E-state index is -3.34. The number of carbonyl (C=O) groups is 3. The van der Waals surface area contributed by atoms with Gasteiger partial charge in [0.1, 0.15) is 12.2 Å². The zero-order valence-electron chi connectivity index (χ0n) is 17.7. The lowest BCUT2D eigenvalue weighted by atomic mass is 9.79. The molecule has 4 rings (SSSR count). The Morgan fingerprint density at radius 1 is 0.735 bits per heavy atom. The van der Waals surface area contributed by atoms with Crippen molar-refractivity contribution in [2.24, 2.45) is 0 Å². The molecule has 0 bridgehead atoms. The van der Waals surface area contributed by atoms with Gasteiger partial charge in [-0.05, 0) is 0 Å². The van der Waals surface area contributed by atoms with Gasteiger partial charge in [-0.2, -0.15) is 0 Å². The number of benzene rings is 3. The number of aliphatic hydroxyl groups excluding tert-OH is 1. The summed E-state index contributed by atoms with van der Waals surface area (Å²) in [6.07, 6.45) is -7.60. The summed E-state index contributed by atoms with van der Waals surface area (Å²) in [6, 6.07) is 21.5. The topological polar surface area (TPSA) is 121 Å². The van der Waals surface area contributed by atoms with E-state index >= 15 is 4.39 Å². The lowest BCUT2D eigenvalue weighted by Gasteiger charge is -2.30. The molecule has 1 heterocycles. The molecular weight excluding hydrogens is 443 g/mol. The van der Waals surface area contributed by atoms with E-state index in [0.717, 1.165) is 0 Å². The first-order valence-corrected chi connectivity index (χ1v) is 10.4. The SMILES string of the molecule is O=C(c1ccccc1)C(O)[C@H]1O[C@](O)(C(=O)c2ccccc2)[C@H](F)[C@@]1(O)C(=O)c1ccccc1. The summed E-state index contributed by atoms with van der Waals surface area (Å²) in [7, 11) is 0. The molecule has 3 N–H and O–H groups in total. The fourth-order valence-electron chi connectivity index (χ4n) is 4.03.